The summed E-state index contributed by atoms with van der Waals surface area (Å²) in [5, 5.41) is 4.22. The molecule has 0 unspecified atom stereocenters. The van der Waals surface area contributed by atoms with E-state index in [-0.39, 0.29) is 0 Å². The van der Waals surface area contributed by atoms with E-state index in [0.29, 0.717) is 0 Å². The molecule has 6 heteroatoms. The van der Waals surface area contributed by atoms with Crippen LogP contribution in [-0.2, 0) is 0 Å². The summed E-state index contributed by atoms with van der Waals surface area (Å²) in [7, 11) is 0. The molecule has 19 heavy (non-hydrogen) atoms. The Balaban J connectivity index is 1.96. The second kappa shape index (κ2) is 5.52. The van der Waals surface area contributed by atoms with Gasteiger partial charge in [-0.2, -0.15) is 0 Å². The fourth-order valence-electron chi connectivity index (χ4n) is 1.66. The molecular weight excluding hydrogens is 456 g/mol. The molecule has 0 saturated carbocycles. The first kappa shape index (κ1) is 13.5. The van der Waals surface area contributed by atoms with Crippen LogP contribution in [-0.4, -0.2) is 4.98 Å². The summed E-state index contributed by atoms with van der Waals surface area (Å²) in [4.78, 5) is 4.57. The van der Waals surface area contributed by atoms with Gasteiger partial charge in [-0.1, -0.05) is 43.2 Å². The Labute approximate surface area is 139 Å². The fourth-order valence-corrected chi connectivity index (χ4v) is 4.23. The van der Waals surface area contributed by atoms with Gasteiger partial charge < -0.3 is 5.32 Å². The van der Waals surface area contributed by atoms with Gasteiger partial charge in [0.15, 0.2) is 5.13 Å². The highest BCUT2D eigenvalue weighted by atomic mass is 79.9. The normalized spacial score (nSPS) is 10.9. The molecular formula is C13H7Br3N2S. The number of thiazole rings is 1. The van der Waals surface area contributed by atoms with Crippen molar-refractivity contribution in [3.63, 3.8) is 0 Å². The lowest BCUT2D eigenvalue weighted by Gasteiger charge is -2.05. The van der Waals surface area contributed by atoms with Crippen molar-refractivity contribution in [3.8, 4) is 0 Å². The van der Waals surface area contributed by atoms with Gasteiger partial charge in [0.05, 0.1) is 15.9 Å². The standard InChI is InChI=1S/C13H7Br3N2S/c14-7-1-3-10(9(16)5-7)17-13-18-11-4-2-8(15)6-12(11)19-13/h1-6H,(H,17,18). The molecule has 0 aliphatic heterocycles. The Morgan fingerprint density at radius 3 is 2.47 bits per heavy atom. The van der Waals surface area contributed by atoms with Crippen LogP contribution in [0.5, 0.6) is 0 Å². The Hall–Kier alpha value is -0.430. The zero-order valence-electron chi connectivity index (χ0n) is 9.45. The summed E-state index contributed by atoms with van der Waals surface area (Å²) < 4.78 is 4.27. The maximum atomic E-state index is 4.57. The summed E-state index contributed by atoms with van der Waals surface area (Å²) in [6.07, 6.45) is 0. The molecule has 1 heterocycles. The molecule has 0 fully saturated rings. The molecule has 0 atom stereocenters. The predicted molar refractivity (Wildman–Crippen MR) is 92.4 cm³/mol. The zero-order chi connectivity index (χ0) is 13.4. The van der Waals surface area contributed by atoms with E-state index in [1.54, 1.807) is 11.3 Å². The van der Waals surface area contributed by atoms with Crippen LogP contribution in [0.1, 0.15) is 0 Å². The topological polar surface area (TPSA) is 24.9 Å². The fraction of sp³-hybridized carbons (Fsp3) is 0. The van der Waals surface area contributed by atoms with Crippen LogP contribution in [0.15, 0.2) is 49.8 Å². The van der Waals surface area contributed by atoms with Gasteiger partial charge in [0.2, 0.25) is 0 Å². The number of anilines is 2. The van der Waals surface area contributed by atoms with Crippen molar-refractivity contribution in [2.24, 2.45) is 0 Å². The quantitative estimate of drug-likeness (QED) is 0.481. The van der Waals surface area contributed by atoms with Gasteiger partial charge in [-0.05, 0) is 52.3 Å². The number of nitrogens with one attached hydrogen (secondary N) is 1. The average Bonchev–Trinajstić information content (AvgIpc) is 2.74. The maximum Gasteiger partial charge on any atom is 0.188 e. The molecule has 3 rings (SSSR count). The largest absolute Gasteiger partial charge is 0.331 e. The SMILES string of the molecule is Brc1ccc(Nc2nc3ccc(Br)cc3s2)c(Br)c1. The average molecular weight is 463 g/mol. The van der Waals surface area contributed by atoms with Gasteiger partial charge in [0, 0.05) is 13.4 Å². The molecule has 0 aliphatic rings. The first-order valence-corrected chi connectivity index (χ1v) is 8.59. The minimum Gasteiger partial charge on any atom is -0.331 e. The second-order valence-electron chi connectivity index (χ2n) is 3.88. The highest BCUT2D eigenvalue weighted by Gasteiger charge is 2.06. The Bertz CT molecular complexity index is 755. The first-order chi connectivity index (χ1) is 9.11. The third-order valence-electron chi connectivity index (χ3n) is 2.52. The van der Waals surface area contributed by atoms with E-state index < -0.39 is 0 Å². The molecule has 0 spiro atoms. The molecule has 96 valence electrons. The summed E-state index contributed by atoms with van der Waals surface area (Å²) >= 11 is 12.1. The smallest absolute Gasteiger partial charge is 0.188 e. The number of nitrogens with zero attached hydrogens (tertiary/aromatic N) is 1. The van der Waals surface area contributed by atoms with E-state index >= 15 is 0 Å². The van der Waals surface area contributed by atoms with Gasteiger partial charge >= 0.3 is 0 Å². The number of benzene rings is 2. The molecule has 2 aromatic carbocycles. The van der Waals surface area contributed by atoms with Crippen molar-refractivity contribution in [1.29, 1.82) is 0 Å². The van der Waals surface area contributed by atoms with Crippen molar-refractivity contribution in [3.05, 3.63) is 49.8 Å². The lowest BCUT2D eigenvalue weighted by Crippen LogP contribution is -1.90. The molecule has 0 saturated heterocycles. The number of rotatable bonds is 2. The Morgan fingerprint density at radius 1 is 0.947 bits per heavy atom. The molecule has 0 amide bonds. The lowest BCUT2D eigenvalue weighted by molar-refractivity contribution is 1.43. The van der Waals surface area contributed by atoms with Crippen molar-refractivity contribution < 1.29 is 0 Å². The summed E-state index contributed by atoms with van der Waals surface area (Å²) in [6.45, 7) is 0. The van der Waals surface area contributed by atoms with Crippen LogP contribution in [0, 0.1) is 0 Å². The third-order valence-corrected chi connectivity index (χ3v) is 5.10. The van der Waals surface area contributed by atoms with Gasteiger partial charge in [-0.3, -0.25) is 0 Å². The molecule has 3 aromatic rings. The number of aromatic nitrogens is 1. The summed E-state index contributed by atoms with van der Waals surface area (Å²) in [5.74, 6) is 0. The highest BCUT2D eigenvalue weighted by molar-refractivity contribution is 9.11. The molecule has 1 N–H and O–H groups in total. The van der Waals surface area contributed by atoms with Crippen LogP contribution >= 0.6 is 59.1 Å². The third kappa shape index (κ3) is 3.02. The number of halogens is 3. The van der Waals surface area contributed by atoms with Crippen LogP contribution in [0.2, 0.25) is 0 Å². The van der Waals surface area contributed by atoms with Gasteiger partial charge in [0.1, 0.15) is 0 Å². The monoisotopic (exact) mass is 460 g/mol. The summed E-state index contributed by atoms with van der Waals surface area (Å²) in [6, 6.07) is 12.1. The van der Waals surface area contributed by atoms with E-state index in [4.69, 9.17) is 0 Å². The Kier molecular flexibility index (Phi) is 3.93. The lowest BCUT2D eigenvalue weighted by atomic mass is 10.3. The summed E-state index contributed by atoms with van der Waals surface area (Å²) in [5.41, 5.74) is 2.00. The zero-order valence-corrected chi connectivity index (χ0v) is 15.0. The first-order valence-electron chi connectivity index (χ1n) is 5.40. The molecule has 2 nitrogen and oxygen atoms in total. The highest BCUT2D eigenvalue weighted by Crippen LogP contribution is 2.33. The predicted octanol–water partition coefficient (Wildman–Crippen LogP) is 6.33. The van der Waals surface area contributed by atoms with E-state index in [0.717, 1.165) is 34.5 Å². The second-order valence-corrected chi connectivity index (χ2v) is 7.60. The molecule has 0 aliphatic carbocycles. The van der Waals surface area contributed by atoms with Crippen LogP contribution in [0.3, 0.4) is 0 Å². The molecule has 0 radical (unpaired) electrons. The van der Waals surface area contributed by atoms with Gasteiger partial charge in [0.25, 0.3) is 0 Å². The van der Waals surface area contributed by atoms with E-state index in [2.05, 4.69) is 64.2 Å². The number of hydrogen-bond acceptors (Lipinski definition) is 3. The maximum absolute atomic E-state index is 4.57. The number of hydrogen-bond donors (Lipinski definition) is 1. The van der Waals surface area contributed by atoms with Crippen LogP contribution < -0.4 is 5.32 Å². The minimum absolute atomic E-state index is 0.885. The van der Waals surface area contributed by atoms with Crippen LogP contribution in [0.4, 0.5) is 10.8 Å². The van der Waals surface area contributed by atoms with E-state index in [9.17, 15) is 0 Å². The van der Waals surface area contributed by atoms with Gasteiger partial charge in [-0.15, -0.1) is 0 Å². The van der Waals surface area contributed by atoms with Gasteiger partial charge in [-0.25, -0.2) is 4.98 Å². The van der Waals surface area contributed by atoms with Crippen molar-refractivity contribution >= 4 is 80.2 Å². The Morgan fingerprint density at radius 2 is 1.68 bits per heavy atom. The van der Waals surface area contributed by atoms with Crippen molar-refractivity contribution in [2.45, 2.75) is 0 Å². The van der Waals surface area contributed by atoms with Crippen molar-refractivity contribution in [1.82, 2.24) is 4.98 Å². The molecule has 0 bridgehead atoms. The molecule has 1 aromatic heterocycles. The van der Waals surface area contributed by atoms with Crippen LogP contribution in [0.25, 0.3) is 10.2 Å². The number of fused-ring (bicyclic) bond motifs is 1. The minimum atomic E-state index is 0.885. The van der Waals surface area contributed by atoms with E-state index in [1.165, 1.54) is 0 Å². The van der Waals surface area contributed by atoms with Crippen molar-refractivity contribution in [2.75, 3.05) is 5.32 Å². The van der Waals surface area contributed by atoms with E-state index in [1.807, 2.05) is 30.3 Å².